The first-order valence-corrected chi connectivity index (χ1v) is 8.66. The quantitative estimate of drug-likeness (QED) is 0.550. The second-order valence-corrected chi connectivity index (χ2v) is 6.34. The number of rotatable bonds is 4. The van der Waals surface area contributed by atoms with E-state index in [1.165, 1.54) is 29.7 Å². The zero-order valence-corrected chi connectivity index (χ0v) is 14.5. The van der Waals surface area contributed by atoms with Crippen molar-refractivity contribution in [2.45, 2.75) is 13.1 Å². The minimum Gasteiger partial charge on any atom is -0.462 e. The van der Waals surface area contributed by atoms with Crippen LogP contribution in [0, 0.1) is 0 Å². The summed E-state index contributed by atoms with van der Waals surface area (Å²) in [6.45, 7) is 1.88. The van der Waals surface area contributed by atoms with Crippen LogP contribution in [0.4, 0.5) is 13.2 Å². The van der Waals surface area contributed by atoms with Crippen LogP contribution in [0.15, 0.2) is 54.0 Å². The van der Waals surface area contributed by atoms with Crippen LogP contribution < -0.4 is 0 Å². The Labute approximate surface area is 152 Å². The first kappa shape index (κ1) is 18.1. The van der Waals surface area contributed by atoms with Gasteiger partial charge in [-0.15, -0.1) is 11.3 Å². The lowest BCUT2D eigenvalue weighted by molar-refractivity contribution is -0.137. The molecule has 0 aliphatic rings. The average molecular weight is 377 g/mol. The van der Waals surface area contributed by atoms with E-state index in [0.717, 1.165) is 17.0 Å². The number of pyridine rings is 1. The minimum absolute atomic E-state index is 0.192. The second-order valence-electron chi connectivity index (χ2n) is 5.39. The summed E-state index contributed by atoms with van der Waals surface area (Å²) in [5.74, 6) is -0.562. The second kappa shape index (κ2) is 7.29. The molecule has 0 saturated heterocycles. The molecule has 0 bridgehead atoms. The van der Waals surface area contributed by atoms with Gasteiger partial charge in [-0.3, -0.25) is 4.98 Å². The van der Waals surface area contributed by atoms with E-state index in [1.54, 1.807) is 13.0 Å². The van der Waals surface area contributed by atoms with Crippen LogP contribution >= 0.6 is 11.3 Å². The van der Waals surface area contributed by atoms with Gasteiger partial charge < -0.3 is 4.74 Å². The number of hydrogen-bond acceptors (Lipinski definition) is 4. The van der Waals surface area contributed by atoms with E-state index in [0.29, 0.717) is 16.8 Å². The van der Waals surface area contributed by atoms with Gasteiger partial charge in [0.15, 0.2) is 0 Å². The summed E-state index contributed by atoms with van der Waals surface area (Å²) in [6, 6.07) is 10.1. The number of thiophene rings is 1. The third-order valence-corrected chi connectivity index (χ3v) is 4.59. The molecule has 134 valence electrons. The first-order chi connectivity index (χ1) is 12.4. The topological polar surface area (TPSA) is 39.2 Å². The van der Waals surface area contributed by atoms with Gasteiger partial charge in [-0.05, 0) is 47.7 Å². The Morgan fingerprint density at radius 1 is 1.19 bits per heavy atom. The molecular weight excluding hydrogens is 363 g/mol. The fraction of sp³-hybridized carbons (Fsp3) is 0.158. The summed E-state index contributed by atoms with van der Waals surface area (Å²) < 4.78 is 43.4. The molecule has 0 atom stereocenters. The zero-order valence-electron chi connectivity index (χ0n) is 13.7. The molecule has 0 unspecified atom stereocenters. The molecule has 7 heteroatoms. The largest absolute Gasteiger partial charge is 0.462 e. The Hall–Kier alpha value is -2.67. The summed E-state index contributed by atoms with van der Waals surface area (Å²) in [5.41, 5.74) is 1.08. The Morgan fingerprint density at radius 2 is 1.92 bits per heavy atom. The summed E-state index contributed by atoms with van der Waals surface area (Å²) in [4.78, 5) is 17.4. The first-order valence-electron chi connectivity index (χ1n) is 7.79. The van der Waals surface area contributed by atoms with Crippen LogP contribution in [0.1, 0.15) is 22.8 Å². The van der Waals surface area contributed by atoms with Crippen LogP contribution in [0.2, 0.25) is 0 Å². The molecular formula is C19H14F3NO2S. The summed E-state index contributed by atoms with van der Waals surface area (Å²) in [5, 5.41) is 1.90. The molecule has 3 rings (SSSR count). The highest BCUT2D eigenvalue weighted by molar-refractivity contribution is 7.13. The van der Waals surface area contributed by atoms with E-state index >= 15 is 0 Å². The van der Waals surface area contributed by atoms with Gasteiger partial charge in [0.1, 0.15) is 0 Å². The van der Waals surface area contributed by atoms with Crippen LogP contribution in [0.25, 0.3) is 21.7 Å². The Kier molecular flexibility index (Phi) is 5.08. The van der Waals surface area contributed by atoms with Gasteiger partial charge in [-0.1, -0.05) is 18.2 Å². The number of ether oxygens (including phenoxy) is 1. The number of halogens is 3. The molecule has 3 nitrogen and oxygen atoms in total. The van der Waals surface area contributed by atoms with Crippen molar-refractivity contribution in [2.24, 2.45) is 0 Å². The maximum absolute atomic E-state index is 12.8. The maximum Gasteiger partial charge on any atom is 0.416 e. The molecule has 0 spiro atoms. The molecule has 0 N–H and O–H groups in total. The SMILES string of the molecule is CCOC(=O)c1cnc(-c2cccs2)cc1-c1ccc(C(F)(F)F)cc1. The lowest BCUT2D eigenvalue weighted by Crippen LogP contribution is -2.08. The Morgan fingerprint density at radius 3 is 2.50 bits per heavy atom. The Bertz CT molecular complexity index is 904. The predicted octanol–water partition coefficient (Wildman–Crippen LogP) is 5.67. The molecule has 0 saturated carbocycles. The van der Waals surface area contributed by atoms with Gasteiger partial charge >= 0.3 is 12.1 Å². The molecule has 3 aromatic rings. The summed E-state index contributed by atoms with van der Waals surface area (Å²) in [6.07, 6.45) is -3.01. The van der Waals surface area contributed by atoms with Gasteiger partial charge in [0.25, 0.3) is 0 Å². The number of hydrogen-bond donors (Lipinski definition) is 0. The minimum atomic E-state index is -4.41. The number of alkyl halides is 3. The van der Waals surface area contributed by atoms with Crippen molar-refractivity contribution in [3.05, 3.63) is 65.2 Å². The van der Waals surface area contributed by atoms with E-state index < -0.39 is 17.7 Å². The number of carbonyl (C=O) groups excluding carboxylic acids is 1. The highest BCUT2D eigenvalue weighted by Crippen LogP contribution is 2.34. The Balaban J connectivity index is 2.10. The van der Waals surface area contributed by atoms with Crippen LogP contribution in [0.3, 0.4) is 0 Å². The molecule has 0 aliphatic carbocycles. The van der Waals surface area contributed by atoms with Gasteiger partial charge in [-0.2, -0.15) is 13.2 Å². The van der Waals surface area contributed by atoms with Crippen molar-refractivity contribution in [3.8, 4) is 21.7 Å². The monoisotopic (exact) mass is 377 g/mol. The number of benzene rings is 1. The normalized spacial score (nSPS) is 11.4. The fourth-order valence-electron chi connectivity index (χ4n) is 2.46. The third kappa shape index (κ3) is 3.77. The number of nitrogens with zero attached hydrogens (tertiary/aromatic N) is 1. The molecule has 0 aliphatic heterocycles. The molecule has 0 amide bonds. The highest BCUT2D eigenvalue weighted by Gasteiger charge is 2.30. The third-order valence-electron chi connectivity index (χ3n) is 3.70. The van der Waals surface area contributed by atoms with Crippen molar-refractivity contribution in [1.29, 1.82) is 0 Å². The molecule has 0 fully saturated rings. The summed E-state index contributed by atoms with van der Waals surface area (Å²) in [7, 11) is 0. The highest BCUT2D eigenvalue weighted by atomic mass is 32.1. The van der Waals surface area contributed by atoms with Crippen LogP contribution in [-0.4, -0.2) is 17.6 Å². The maximum atomic E-state index is 12.8. The van der Waals surface area contributed by atoms with Crippen LogP contribution in [0.5, 0.6) is 0 Å². The van der Waals surface area contributed by atoms with Gasteiger partial charge in [0, 0.05) is 6.20 Å². The predicted molar refractivity (Wildman–Crippen MR) is 93.9 cm³/mol. The molecule has 0 radical (unpaired) electrons. The summed E-state index contributed by atoms with van der Waals surface area (Å²) >= 11 is 1.48. The molecule has 26 heavy (non-hydrogen) atoms. The van der Waals surface area contributed by atoms with E-state index in [9.17, 15) is 18.0 Å². The average Bonchev–Trinajstić information content (AvgIpc) is 3.15. The van der Waals surface area contributed by atoms with Crippen molar-refractivity contribution in [2.75, 3.05) is 6.61 Å². The van der Waals surface area contributed by atoms with E-state index in [4.69, 9.17) is 4.74 Å². The number of carbonyl (C=O) groups is 1. The molecule has 2 aromatic heterocycles. The van der Waals surface area contributed by atoms with Crippen molar-refractivity contribution >= 4 is 17.3 Å². The van der Waals surface area contributed by atoms with Crippen LogP contribution in [-0.2, 0) is 10.9 Å². The van der Waals surface area contributed by atoms with Crippen molar-refractivity contribution < 1.29 is 22.7 Å². The standard InChI is InChI=1S/C19H14F3NO2S/c1-2-25-18(24)15-11-23-16(17-4-3-9-26-17)10-14(15)12-5-7-13(8-6-12)19(20,21)22/h3-11H,2H2,1H3. The van der Waals surface area contributed by atoms with E-state index in [1.807, 2.05) is 17.5 Å². The van der Waals surface area contributed by atoms with Gasteiger partial charge in [0.05, 0.1) is 28.3 Å². The van der Waals surface area contributed by atoms with Crippen molar-refractivity contribution in [3.63, 3.8) is 0 Å². The number of aromatic nitrogens is 1. The molecule has 2 heterocycles. The van der Waals surface area contributed by atoms with Gasteiger partial charge in [-0.25, -0.2) is 4.79 Å². The fourth-order valence-corrected chi connectivity index (χ4v) is 3.16. The smallest absolute Gasteiger partial charge is 0.416 e. The number of esters is 1. The van der Waals surface area contributed by atoms with Crippen molar-refractivity contribution in [1.82, 2.24) is 4.98 Å². The zero-order chi connectivity index (χ0) is 18.7. The lowest BCUT2D eigenvalue weighted by atomic mass is 9.99. The van der Waals surface area contributed by atoms with E-state index in [2.05, 4.69) is 4.98 Å². The molecule has 1 aromatic carbocycles. The van der Waals surface area contributed by atoms with Gasteiger partial charge in [0.2, 0.25) is 0 Å². The lowest BCUT2D eigenvalue weighted by Gasteiger charge is -2.12. The van der Waals surface area contributed by atoms with E-state index in [-0.39, 0.29) is 12.2 Å².